The fraction of sp³-hybridized carbons (Fsp3) is 0.632. The molecule has 0 N–H and O–H groups in total. The maximum atomic E-state index is 12.1. The molecule has 0 aromatic rings. The van der Waals surface area contributed by atoms with Crippen LogP contribution < -0.4 is 0 Å². The normalized spacial score (nSPS) is 33.1. The number of carbonyl (C=O) groups is 3. The van der Waals surface area contributed by atoms with Gasteiger partial charge in [-0.1, -0.05) is 24.1 Å². The van der Waals surface area contributed by atoms with Crippen LogP contribution in [0, 0.1) is 10.8 Å². The first kappa shape index (κ1) is 15.4. The largest absolute Gasteiger partial charge is 0.299 e. The number of carbonyl (C=O) groups excluding carboxylic acids is 3. The van der Waals surface area contributed by atoms with Crippen LogP contribution in [-0.2, 0) is 14.4 Å². The van der Waals surface area contributed by atoms with Gasteiger partial charge in [-0.15, -0.1) is 0 Å². The SMILES string of the molecule is CC1(CC=C2CCCC3=CC(=O)CC[C@]23C)C(=O)CCC1=O. The van der Waals surface area contributed by atoms with Crippen molar-refractivity contribution in [1.29, 1.82) is 0 Å². The number of Topliss-reactive ketones (excluding diaryl/α,β-unsaturated/α-hetero) is 2. The van der Waals surface area contributed by atoms with Crippen molar-refractivity contribution in [3.8, 4) is 0 Å². The summed E-state index contributed by atoms with van der Waals surface area (Å²) in [5.74, 6) is 0.414. The fourth-order valence-corrected chi connectivity index (χ4v) is 4.24. The summed E-state index contributed by atoms with van der Waals surface area (Å²) in [4.78, 5) is 35.8. The van der Waals surface area contributed by atoms with Crippen molar-refractivity contribution in [3.05, 3.63) is 23.3 Å². The molecule has 3 aliphatic carbocycles. The second-order valence-electron chi connectivity index (χ2n) is 7.43. The van der Waals surface area contributed by atoms with Gasteiger partial charge in [0.25, 0.3) is 0 Å². The lowest BCUT2D eigenvalue weighted by molar-refractivity contribution is -0.133. The van der Waals surface area contributed by atoms with Crippen molar-refractivity contribution >= 4 is 17.3 Å². The molecule has 1 atom stereocenters. The molecule has 0 amide bonds. The van der Waals surface area contributed by atoms with Crippen LogP contribution in [0.3, 0.4) is 0 Å². The van der Waals surface area contributed by atoms with Crippen LogP contribution in [0.25, 0.3) is 0 Å². The molecule has 0 aromatic heterocycles. The molecule has 2 saturated carbocycles. The van der Waals surface area contributed by atoms with E-state index < -0.39 is 5.41 Å². The minimum absolute atomic E-state index is 0.0345. The molecule has 118 valence electrons. The molecule has 22 heavy (non-hydrogen) atoms. The molecule has 0 radical (unpaired) electrons. The molecule has 2 fully saturated rings. The Morgan fingerprint density at radius 2 is 1.68 bits per heavy atom. The van der Waals surface area contributed by atoms with Gasteiger partial charge in [0.1, 0.15) is 11.6 Å². The average Bonchev–Trinajstić information content (AvgIpc) is 2.74. The molecule has 3 heteroatoms. The summed E-state index contributed by atoms with van der Waals surface area (Å²) in [6.45, 7) is 4.02. The van der Waals surface area contributed by atoms with Crippen molar-refractivity contribution < 1.29 is 14.4 Å². The maximum Gasteiger partial charge on any atom is 0.155 e. The number of hydrogen-bond donors (Lipinski definition) is 0. The smallest absolute Gasteiger partial charge is 0.155 e. The highest BCUT2D eigenvalue weighted by atomic mass is 16.2. The quantitative estimate of drug-likeness (QED) is 0.577. The van der Waals surface area contributed by atoms with Crippen molar-refractivity contribution in [2.75, 3.05) is 0 Å². The Balaban J connectivity index is 1.88. The Morgan fingerprint density at radius 1 is 1.00 bits per heavy atom. The summed E-state index contributed by atoms with van der Waals surface area (Å²) in [5, 5.41) is 0. The van der Waals surface area contributed by atoms with Crippen LogP contribution >= 0.6 is 0 Å². The van der Waals surface area contributed by atoms with Gasteiger partial charge in [-0.05, 0) is 45.1 Å². The summed E-state index contributed by atoms with van der Waals surface area (Å²) >= 11 is 0. The lowest BCUT2D eigenvalue weighted by Crippen LogP contribution is -2.32. The van der Waals surface area contributed by atoms with E-state index in [1.165, 1.54) is 11.1 Å². The standard InChI is InChI=1S/C19H24O3/c1-18-11-9-15(20)12-14(18)5-3-4-13(18)8-10-19(2)16(21)6-7-17(19)22/h8,12H,3-7,9-11H2,1-2H3/t18-/m1/s1. The van der Waals surface area contributed by atoms with E-state index in [0.717, 1.165) is 25.7 Å². The number of hydrogen-bond acceptors (Lipinski definition) is 3. The van der Waals surface area contributed by atoms with Gasteiger partial charge in [0.15, 0.2) is 5.78 Å². The molecule has 3 nitrogen and oxygen atoms in total. The Labute approximate surface area is 131 Å². The second kappa shape index (κ2) is 5.29. The molecular formula is C19H24O3. The summed E-state index contributed by atoms with van der Waals surface area (Å²) in [7, 11) is 0. The third kappa shape index (κ3) is 2.31. The van der Waals surface area contributed by atoms with E-state index in [1.807, 2.05) is 6.08 Å². The molecule has 0 unspecified atom stereocenters. The highest BCUT2D eigenvalue weighted by Crippen LogP contribution is 2.50. The second-order valence-corrected chi connectivity index (χ2v) is 7.43. The Kier molecular flexibility index (Phi) is 3.70. The van der Waals surface area contributed by atoms with Gasteiger partial charge in [-0.25, -0.2) is 0 Å². The van der Waals surface area contributed by atoms with Crippen LogP contribution in [0.2, 0.25) is 0 Å². The monoisotopic (exact) mass is 300 g/mol. The van der Waals surface area contributed by atoms with E-state index in [9.17, 15) is 14.4 Å². The van der Waals surface area contributed by atoms with Crippen LogP contribution in [0.1, 0.15) is 65.2 Å². The predicted octanol–water partition coefficient (Wildman–Crippen LogP) is 3.72. The molecule has 0 spiro atoms. The van der Waals surface area contributed by atoms with Crippen molar-refractivity contribution in [2.45, 2.75) is 65.2 Å². The lowest BCUT2D eigenvalue weighted by Gasteiger charge is -2.42. The predicted molar refractivity (Wildman–Crippen MR) is 84.3 cm³/mol. The van der Waals surface area contributed by atoms with E-state index in [4.69, 9.17) is 0 Å². The van der Waals surface area contributed by atoms with Crippen LogP contribution in [0.15, 0.2) is 23.3 Å². The number of rotatable bonds is 2. The maximum absolute atomic E-state index is 12.1. The fourth-order valence-electron chi connectivity index (χ4n) is 4.24. The third-order valence-corrected chi connectivity index (χ3v) is 6.08. The van der Waals surface area contributed by atoms with Crippen molar-refractivity contribution in [1.82, 2.24) is 0 Å². The van der Waals surface area contributed by atoms with E-state index in [0.29, 0.717) is 25.7 Å². The van der Waals surface area contributed by atoms with Crippen LogP contribution in [0.4, 0.5) is 0 Å². The van der Waals surface area contributed by atoms with Crippen molar-refractivity contribution in [3.63, 3.8) is 0 Å². The lowest BCUT2D eigenvalue weighted by atomic mass is 9.62. The molecule has 0 bridgehead atoms. The highest BCUT2D eigenvalue weighted by Gasteiger charge is 2.45. The molecule has 3 rings (SSSR count). The highest BCUT2D eigenvalue weighted by molar-refractivity contribution is 6.12. The van der Waals surface area contributed by atoms with Gasteiger partial charge >= 0.3 is 0 Å². The summed E-state index contributed by atoms with van der Waals surface area (Å²) in [6.07, 6.45) is 9.83. The summed E-state index contributed by atoms with van der Waals surface area (Å²) < 4.78 is 0. The molecular weight excluding hydrogens is 276 g/mol. The van der Waals surface area contributed by atoms with Gasteiger partial charge in [0.05, 0.1) is 5.41 Å². The first-order valence-corrected chi connectivity index (χ1v) is 8.36. The number of allylic oxidation sites excluding steroid dienone is 4. The minimum atomic E-state index is -0.810. The Bertz CT molecular complexity index is 592. The van der Waals surface area contributed by atoms with E-state index in [1.54, 1.807) is 6.92 Å². The molecule has 0 aromatic carbocycles. The topological polar surface area (TPSA) is 51.2 Å². The Hall–Kier alpha value is -1.51. The van der Waals surface area contributed by atoms with Crippen LogP contribution in [-0.4, -0.2) is 17.3 Å². The van der Waals surface area contributed by atoms with Gasteiger partial charge in [-0.3, -0.25) is 14.4 Å². The van der Waals surface area contributed by atoms with Gasteiger partial charge in [-0.2, -0.15) is 0 Å². The zero-order valence-electron chi connectivity index (χ0n) is 13.5. The first-order chi connectivity index (χ1) is 10.4. The molecule has 3 aliphatic rings. The zero-order valence-corrected chi connectivity index (χ0v) is 13.5. The van der Waals surface area contributed by atoms with Gasteiger partial charge in [0.2, 0.25) is 0 Å². The zero-order chi connectivity index (χ0) is 16.0. The summed E-state index contributed by atoms with van der Waals surface area (Å²) in [5.41, 5.74) is 1.73. The van der Waals surface area contributed by atoms with E-state index in [2.05, 4.69) is 13.0 Å². The van der Waals surface area contributed by atoms with Crippen molar-refractivity contribution in [2.24, 2.45) is 10.8 Å². The average molecular weight is 300 g/mol. The molecule has 0 heterocycles. The number of fused-ring (bicyclic) bond motifs is 1. The van der Waals surface area contributed by atoms with Crippen LogP contribution in [0.5, 0.6) is 0 Å². The molecule has 0 saturated heterocycles. The van der Waals surface area contributed by atoms with Gasteiger partial charge in [0, 0.05) is 24.7 Å². The molecule has 0 aliphatic heterocycles. The summed E-state index contributed by atoms with van der Waals surface area (Å²) in [6, 6.07) is 0. The van der Waals surface area contributed by atoms with Gasteiger partial charge < -0.3 is 0 Å². The van der Waals surface area contributed by atoms with E-state index in [-0.39, 0.29) is 22.8 Å². The third-order valence-electron chi connectivity index (χ3n) is 6.08. The Morgan fingerprint density at radius 3 is 2.36 bits per heavy atom. The first-order valence-electron chi connectivity index (χ1n) is 8.36. The van der Waals surface area contributed by atoms with E-state index >= 15 is 0 Å². The minimum Gasteiger partial charge on any atom is -0.299 e. The number of ketones is 3.